The van der Waals surface area contributed by atoms with Gasteiger partial charge < -0.3 is 0 Å². The first kappa shape index (κ1) is 12.8. The van der Waals surface area contributed by atoms with Crippen LogP contribution in [0.2, 0.25) is 0 Å². The van der Waals surface area contributed by atoms with Crippen LogP contribution in [0.5, 0.6) is 0 Å². The number of nitrogens with one attached hydrogen (secondary N) is 2. The number of halogens is 1. The van der Waals surface area contributed by atoms with Crippen molar-refractivity contribution < 1.29 is 9.18 Å². The van der Waals surface area contributed by atoms with Gasteiger partial charge in [0.15, 0.2) is 0 Å². The van der Waals surface area contributed by atoms with E-state index in [0.717, 1.165) is 10.8 Å². The lowest BCUT2D eigenvalue weighted by Gasteiger charge is -2.17. The van der Waals surface area contributed by atoms with Crippen molar-refractivity contribution >= 4 is 22.8 Å². The molecule has 1 aliphatic heterocycles. The molecule has 1 saturated heterocycles. The first-order valence-corrected chi connectivity index (χ1v) is 6.46. The Balaban J connectivity index is 2.25. The van der Waals surface area contributed by atoms with Crippen LogP contribution in [0.1, 0.15) is 19.4 Å². The summed E-state index contributed by atoms with van der Waals surface area (Å²) in [6.07, 6.45) is 1.63. The van der Waals surface area contributed by atoms with Crippen molar-refractivity contribution in [3.05, 3.63) is 53.4 Å². The number of carbonyl (C=O) groups excluding carboxylic acids is 1. The smallest absolute Gasteiger partial charge is 0.263 e. The fourth-order valence-corrected chi connectivity index (χ4v) is 2.44. The van der Waals surface area contributed by atoms with E-state index in [1.165, 1.54) is 6.07 Å². The van der Waals surface area contributed by atoms with E-state index in [0.29, 0.717) is 11.1 Å². The second-order valence-corrected chi connectivity index (χ2v) is 5.44. The van der Waals surface area contributed by atoms with Crippen LogP contribution in [0.4, 0.5) is 4.39 Å². The van der Waals surface area contributed by atoms with E-state index in [-0.39, 0.29) is 11.7 Å². The molecule has 2 aromatic rings. The second kappa shape index (κ2) is 4.42. The highest BCUT2D eigenvalue weighted by atomic mass is 19.1. The first-order valence-electron chi connectivity index (χ1n) is 6.46. The average molecular weight is 270 g/mol. The zero-order valence-electron chi connectivity index (χ0n) is 11.3. The minimum atomic E-state index is -0.527. The van der Waals surface area contributed by atoms with Crippen LogP contribution < -0.4 is 10.9 Å². The Labute approximate surface area is 116 Å². The van der Waals surface area contributed by atoms with Gasteiger partial charge in [-0.15, -0.1) is 0 Å². The van der Waals surface area contributed by atoms with E-state index >= 15 is 0 Å². The molecule has 4 heteroatoms. The minimum absolute atomic E-state index is 0.220. The van der Waals surface area contributed by atoms with Crippen LogP contribution in [-0.4, -0.2) is 11.4 Å². The standard InChI is InChI=1S/C16H15FN2O/c1-16(2)13(15(20)18-19-16)9-12-11-6-4-3-5-10(11)7-8-14(12)17/h3-9,19H,1-2H3,(H,18,20)/b13-9+. The van der Waals surface area contributed by atoms with Gasteiger partial charge in [0.25, 0.3) is 5.91 Å². The number of hydrogen-bond donors (Lipinski definition) is 2. The zero-order valence-corrected chi connectivity index (χ0v) is 11.3. The summed E-state index contributed by atoms with van der Waals surface area (Å²) in [5.41, 5.74) is 5.90. The third kappa shape index (κ3) is 1.98. The molecule has 1 amide bonds. The summed E-state index contributed by atoms with van der Waals surface area (Å²) in [7, 11) is 0. The van der Waals surface area contributed by atoms with E-state index < -0.39 is 5.54 Å². The molecule has 1 heterocycles. The summed E-state index contributed by atoms with van der Waals surface area (Å²) in [6, 6.07) is 10.7. The maximum atomic E-state index is 14.2. The van der Waals surface area contributed by atoms with Gasteiger partial charge in [-0.25, -0.2) is 9.82 Å². The third-order valence-electron chi connectivity index (χ3n) is 3.61. The summed E-state index contributed by atoms with van der Waals surface area (Å²) in [5, 5.41) is 1.75. The molecule has 0 bridgehead atoms. The molecule has 2 N–H and O–H groups in total. The molecule has 0 aliphatic carbocycles. The van der Waals surface area contributed by atoms with Crippen LogP contribution in [-0.2, 0) is 4.79 Å². The van der Waals surface area contributed by atoms with Gasteiger partial charge >= 0.3 is 0 Å². The summed E-state index contributed by atoms with van der Waals surface area (Å²) in [6.45, 7) is 3.75. The Kier molecular flexibility index (Phi) is 2.83. The third-order valence-corrected chi connectivity index (χ3v) is 3.61. The molecule has 2 aromatic carbocycles. The Hall–Kier alpha value is -2.20. The lowest BCUT2D eigenvalue weighted by Crippen LogP contribution is -2.38. The highest BCUT2D eigenvalue weighted by Gasteiger charge is 2.35. The van der Waals surface area contributed by atoms with E-state index in [1.807, 2.05) is 38.1 Å². The Morgan fingerprint density at radius 1 is 1.15 bits per heavy atom. The van der Waals surface area contributed by atoms with Crippen LogP contribution in [0, 0.1) is 5.82 Å². The number of hydrazine groups is 1. The number of rotatable bonds is 1. The molecule has 0 radical (unpaired) electrons. The zero-order chi connectivity index (χ0) is 14.3. The fraction of sp³-hybridized carbons (Fsp3) is 0.188. The normalized spacial score (nSPS) is 19.6. The average Bonchev–Trinajstić information content (AvgIpc) is 2.68. The van der Waals surface area contributed by atoms with Crippen molar-refractivity contribution in [2.75, 3.05) is 0 Å². The van der Waals surface area contributed by atoms with E-state index in [9.17, 15) is 9.18 Å². The van der Waals surface area contributed by atoms with E-state index in [1.54, 1.807) is 12.1 Å². The summed E-state index contributed by atoms with van der Waals surface area (Å²) in [5.74, 6) is -0.547. The molecule has 1 fully saturated rings. The predicted molar refractivity (Wildman–Crippen MR) is 77.2 cm³/mol. The van der Waals surface area contributed by atoms with Crippen molar-refractivity contribution in [2.45, 2.75) is 19.4 Å². The maximum Gasteiger partial charge on any atom is 0.263 e. The van der Waals surface area contributed by atoms with Gasteiger partial charge in [-0.1, -0.05) is 30.3 Å². The quantitative estimate of drug-likeness (QED) is 0.782. The van der Waals surface area contributed by atoms with Gasteiger partial charge in [-0.3, -0.25) is 10.2 Å². The number of benzene rings is 2. The number of carbonyl (C=O) groups is 1. The van der Waals surface area contributed by atoms with E-state index in [2.05, 4.69) is 10.9 Å². The van der Waals surface area contributed by atoms with Gasteiger partial charge in [0.05, 0.1) is 5.54 Å². The molecule has 0 saturated carbocycles. The lowest BCUT2D eigenvalue weighted by atomic mass is 9.92. The van der Waals surface area contributed by atoms with Crippen molar-refractivity contribution in [2.24, 2.45) is 0 Å². The number of fused-ring (bicyclic) bond motifs is 1. The van der Waals surface area contributed by atoms with Crippen molar-refractivity contribution in [3.8, 4) is 0 Å². The minimum Gasteiger partial charge on any atom is -0.287 e. The van der Waals surface area contributed by atoms with Crippen LogP contribution in [0.3, 0.4) is 0 Å². The Morgan fingerprint density at radius 2 is 1.90 bits per heavy atom. The van der Waals surface area contributed by atoms with Gasteiger partial charge in [0.2, 0.25) is 0 Å². The molecule has 1 aliphatic rings. The van der Waals surface area contributed by atoms with Gasteiger partial charge in [0.1, 0.15) is 5.82 Å². The molecule has 0 atom stereocenters. The summed E-state index contributed by atoms with van der Waals surface area (Å²) < 4.78 is 14.2. The van der Waals surface area contributed by atoms with Crippen LogP contribution in [0.15, 0.2) is 42.0 Å². The topological polar surface area (TPSA) is 41.1 Å². The lowest BCUT2D eigenvalue weighted by molar-refractivity contribution is -0.116. The molecule has 3 nitrogen and oxygen atoms in total. The van der Waals surface area contributed by atoms with E-state index in [4.69, 9.17) is 0 Å². The highest BCUT2D eigenvalue weighted by Crippen LogP contribution is 2.28. The molecule has 0 spiro atoms. The van der Waals surface area contributed by atoms with Crippen LogP contribution >= 0.6 is 0 Å². The van der Waals surface area contributed by atoms with Gasteiger partial charge in [-0.2, -0.15) is 0 Å². The maximum absolute atomic E-state index is 14.2. The molecular weight excluding hydrogens is 255 g/mol. The fourth-order valence-electron chi connectivity index (χ4n) is 2.44. The molecule has 0 aromatic heterocycles. The number of amides is 1. The Bertz CT molecular complexity index is 734. The van der Waals surface area contributed by atoms with Gasteiger partial charge in [0, 0.05) is 11.1 Å². The largest absolute Gasteiger partial charge is 0.287 e. The monoisotopic (exact) mass is 270 g/mol. The molecular formula is C16H15FN2O. The van der Waals surface area contributed by atoms with Crippen molar-refractivity contribution in [1.29, 1.82) is 0 Å². The van der Waals surface area contributed by atoms with Gasteiger partial charge in [-0.05, 0) is 36.8 Å². The molecule has 20 heavy (non-hydrogen) atoms. The van der Waals surface area contributed by atoms with Crippen LogP contribution in [0.25, 0.3) is 16.8 Å². The molecule has 3 rings (SSSR count). The summed E-state index contributed by atoms with van der Waals surface area (Å²) >= 11 is 0. The summed E-state index contributed by atoms with van der Waals surface area (Å²) in [4.78, 5) is 11.9. The SMILES string of the molecule is CC1(C)NNC(=O)/C1=C\c1c(F)ccc2ccccc12. The molecule has 102 valence electrons. The second-order valence-electron chi connectivity index (χ2n) is 5.44. The first-order chi connectivity index (χ1) is 9.49. The van der Waals surface area contributed by atoms with Crippen molar-refractivity contribution in [3.63, 3.8) is 0 Å². The predicted octanol–water partition coefficient (Wildman–Crippen LogP) is 2.78. The highest BCUT2D eigenvalue weighted by molar-refractivity contribution is 6.04. The number of hydrogen-bond acceptors (Lipinski definition) is 2. The Morgan fingerprint density at radius 3 is 2.60 bits per heavy atom. The molecule has 0 unspecified atom stereocenters. The van der Waals surface area contributed by atoms with Crippen molar-refractivity contribution in [1.82, 2.24) is 10.9 Å².